The third-order valence-corrected chi connectivity index (χ3v) is 6.48. The maximum Gasteiger partial charge on any atom is 0.321 e. The zero-order valence-corrected chi connectivity index (χ0v) is 19.8. The fraction of sp³-hybridized carbons (Fsp3) is 0.138. The molecule has 35 heavy (non-hydrogen) atoms. The van der Waals surface area contributed by atoms with Crippen molar-refractivity contribution in [2.75, 3.05) is 0 Å². The fourth-order valence-corrected chi connectivity index (χ4v) is 4.49. The number of aliphatic carboxylic acids is 1. The second-order valence-corrected chi connectivity index (χ2v) is 8.95. The summed E-state index contributed by atoms with van der Waals surface area (Å²) in [7, 11) is 0. The topological polar surface area (TPSA) is 74.3 Å². The van der Waals surface area contributed by atoms with E-state index < -0.39 is 12.0 Å². The molecule has 0 unspecified atom stereocenters. The second-order valence-electron chi connectivity index (χ2n) is 8.51. The van der Waals surface area contributed by atoms with Gasteiger partial charge in [-0.15, -0.1) is 0 Å². The first-order valence-corrected chi connectivity index (χ1v) is 11.9. The molecule has 0 aliphatic rings. The molecule has 5 nitrogen and oxygen atoms in total. The molecule has 5 rings (SSSR count). The number of para-hydroxylation sites is 1. The number of carboxylic acids is 1. The summed E-state index contributed by atoms with van der Waals surface area (Å²) in [6.45, 7) is 0.747. The number of aromatic nitrogens is 1. The summed E-state index contributed by atoms with van der Waals surface area (Å²) in [6.07, 6.45) is 2.26. The summed E-state index contributed by atoms with van der Waals surface area (Å²) in [5.41, 5.74) is 3.91. The monoisotopic (exact) mass is 484 g/mol. The van der Waals surface area contributed by atoms with Gasteiger partial charge in [-0.1, -0.05) is 72.3 Å². The molecule has 6 heteroatoms. The first kappa shape index (κ1) is 23.0. The Kier molecular flexibility index (Phi) is 6.70. The maximum absolute atomic E-state index is 12.2. The number of aromatic amines is 1. The van der Waals surface area contributed by atoms with E-state index >= 15 is 0 Å². The normalized spacial score (nSPS) is 12.1. The van der Waals surface area contributed by atoms with E-state index in [0.29, 0.717) is 24.6 Å². The Balaban J connectivity index is 1.39. The summed E-state index contributed by atoms with van der Waals surface area (Å²) >= 11 is 6.00. The van der Waals surface area contributed by atoms with E-state index in [0.717, 1.165) is 44.1 Å². The van der Waals surface area contributed by atoms with Gasteiger partial charge in [-0.2, -0.15) is 0 Å². The van der Waals surface area contributed by atoms with Crippen molar-refractivity contribution in [2.24, 2.45) is 0 Å². The Labute approximate surface area is 208 Å². The van der Waals surface area contributed by atoms with Crippen LogP contribution in [0.25, 0.3) is 21.7 Å². The van der Waals surface area contributed by atoms with Crippen molar-refractivity contribution < 1.29 is 14.6 Å². The van der Waals surface area contributed by atoms with Crippen LogP contribution in [0.4, 0.5) is 0 Å². The minimum atomic E-state index is -0.890. The fourth-order valence-electron chi connectivity index (χ4n) is 4.37. The second kappa shape index (κ2) is 10.2. The Morgan fingerprint density at radius 2 is 1.69 bits per heavy atom. The van der Waals surface area contributed by atoms with Gasteiger partial charge in [-0.05, 0) is 46.2 Å². The quantitative estimate of drug-likeness (QED) is 0.228. The number of rotatable bonds is 9. The smallest absolute Gasteiger partial charge is 0.321 e. The van der Waals surface area contributed by atoms with Gasteiger partial charge in [0, 0.05) is 40.7 Å². The van der Waals surface area contributed by atoms with Gasteiger partial charge in [-0.3, -0.25) is 10.1 Å². The first-order valence-electron chi connectivity index (χ1n) is 11.5. The standard InChI is InChI=1S/C29H25ClN2O3/c30-22-12-9-19(10-13-22)18-35-28-14-11-20-5-1-2-6-23(20)25(28)17-32-27(29(33)34)15-21-16-31-26-8-4-3-7-24(21)26/h1-14,16,27,31-32H,15,17-18H2,(H,33,34)/t27-/m1/s1. The van der Waals surface area contributed by atoms with Crippen molar-refractivity contribution in [3.05, 3.63) is 113 Å². The molecule has 0 saturated heterocycles. The SMILES string of the molecule is O=C(O)[C@@H](Cc1c[nH]c2ccccc12)NCc1c(OCc2ccc(Cl)cc2)ccc2ccccc12. The number of carbonyl (C=O) groups is 1. The Morgan fingerprint density at radius 1 is 0.943 bits per heavy atom. The molecule has 0 radical (unpaired) electrons. The lowest BCUT2D eigenvalue weighted by Gasteiger charge is -2.18. The van der Waals surface area contributed by atoms with Crippen molar-refractivity contribution in [3.8, 4) is 5.75 Å². The summed E-state index contributed by atoms with van der Waals surface area (Å²) in [5, 5.41) is 17.1. The van der Waals surface area contributed by atoms with Crippen LogP contribution >= 0.6 is 11.6 Å². The molecule has 1 atom stereocenters. The largest absolute Gasteiger partial charge is 0.489 e. The molecule has 0 aliphatic heterocycles. The van der Waals surface area contributed by atoms with Gasteiger partial charge in [0.25, 0.3) is 0 Å². The van der Waals surface area contributed by atoms with Crippen LogP contribution in [0.1, 0.15) is 16.7 Å². The summed E-state index contributed by atoms with van der Waals surface area (Å²) in [6, 6.07) is 26.7. The summed E-state index contributed by atoms with van der Waals surface area (Å²) in [5.74, 6) is -0.165. The third-order valence-electron chi connectivity index (χ3n) is 6.23. The molecule has 4 aromatic carbocycles. The maximum atomic E-state index is 12.2. The minimum absolute atomic E-state index is 0.358. The molecule has 0 amide bonds. The summed E-state index contributed by atoms with van der Waals surface area (Å²) < 4.78 is 6.19. The molecular weight excluding hydrogens is 460 g/mol. The average molecular weight is 485 g/mol. The van der Waals surface area contributed by atoms with Crippen LogP contribution < -0.4 is 10.1 Å². The van der Waals surface area contributed by atoms with Crippen molar-refractivity contribution in [1.82, 2.24) is 10.3 Å². The van der Waals surface area contributed by atoms with Gasteiger partial charge < -0.3 is 14.8 Å². The molecule has 1 heterocycles. The molecule has 3 N–H and O–H groups in total. The van der Waals surface area contributed by atoms with Crippen LogP contribution in [0.2, 0.25) is 5.02 Å². The van der Waals surface area contributed by atoms with Crippen LogP contribution in [0.15, 0.2) is 91.1 Å². The van der Waals surface area contributed by atoms with Crippen LogP contribution in [0.3, 0.4) is 0 Å². The van der Waals surface area contributed by atoms with Gasteiger partial charge >= 0.3 is 5.97 Å². The average Bonchev–Trinajstić information content (AvgIpc) is 3.29. The first-order chi connectivity index (χ1) is 17.1. The zero-order valence-electron chi connectivity index (χ0n) is 19.0. The highest BCUT2D eigenvalue weighted by Crippen LogP contribution is 2.29. The van der Waals surface area contributed by atoms with Crippen molar-refractivity contribution >= 4 is 39.2 Å². The van der Waals surface area contributed by atoms with E-state index in [1.54, 1.807) is 0 Å². The van der Waals surface area contributed by atoms with E-state index in [-0.39, 0.29) is 0 Å². The molecule has 0 spiro atoms. The van der Waals surface area contributed by atoms with Crippen LogP contribution in [-0.4, -0.2) is 22.1 Å². The number of fused-ring (bicyclic) bond motifs is 2. The van der Waals surface area contributed by atoms with Gasteiger partial charge in [0.15, 0.2) is 0 Å². The van der Waals surface area contributed by atoms with E-state index in [1.807, 2.05) is 91.1 Å². The number of ether oxygens (including phenoxy) is 1. The number of carboxylic acid groups (broad SMARTS) is 1. The van der Waals surface area contributed by atoms with Crippen molar-refractivity contribution in [2.45, 2.75) is 25.6 Å². The van der Waals surface area contributed by atoms with Crippen LogP contribution in [-0.2, 0) is 24.4 Å². The van der Waals surface area contributed by atoms with Crippen LogP contribution in [0.5, 0.6) is 5.75 Å². The molecule has 0 fully saturated rings. The third kappa shape index (κ3) is 5.16. The zero-order chi connectivity index (χ0) is 24.2. The predicted octanol–water partition coefficient (Wildman–Crippen LogP) is 6.34. The van der Waals surface area contributed by atoms with E-state index in [1.165, 1.54) is 0 Å². The van der Waals surface area contributed by atoms with E-state index in [4.69, 9.17) is 16.3 Å². The van der Waals surface area contributed by atoms with E-state index in [2.05, 4.69) is 10.3 Å². The number of halogens is 1. The number of benzene rings is 4. The molecule has 5 aromatic rings. The molecular formula is C29H25ClN2O3. The van der Waals surface area contributed by atoms with Gasteiger partial charge in [-0.25, -0.2) is 0 Å². The van der Waals surface area contributed by atoms with Gasteiger partial charge in [0.05, 0.1) is 0 Å². The molecule has 0 saturated carbocycles. The molecule has 0 bridgehead atoms. The lowest BCUT2D eigenvalue weighted by Crippen LogP contribution is -2.38. The highest BCUT2D eigenvalue weighted by atomic mass is 35.5. The lowest BCUT2D eigenvalue weighted by atomic mass is 10.0. The Morgan fingerprint density at radius 3 is 2.49 bits per heavy atom. The number of nitrogens with one attached hydrogen (secondary N) is 2. The highest BCUT2D eigenvalue weighted by Gasteiger charge is 2.21. The number of hydrogen-bond donors (Lipinski definition) is 3. The lowest BCUT2D eigenvalue weighted by molar-refractivity contribution is -0.139. The number of H-pyrrole nitrogens is 1. The van der Waals surface area contributed by atoms with Crippen molar-refractivity contribution in [1.29, 1.82) is 0 Å². The summed E-state index contributed by atoms with van der Waals surface area (Å²) in [4.78, 5) is 15.4. The predicted molar refractivity (Wildman–Crippen MR) is 140 cm³/mol. The van der Waals surface area contributed by atoms with Crippen molar-refractivity contribution in [3.63, 3.8) is 0 Å². The molecule has 1 aromatic heterocycles. The minimum Gasteiger partial charge on any atom is -0.489 e. The van der Waals surface area contributed by atoms with E-state index in [9.17, 15) is 9.90 Å². The van der Waals surface area contributed by atoms with Crippen LogP contribution in [0, 0.1) is 0 Å². The highest BCUT2D eigenvalue weighted by molar-refractivity contribution is 6.30. The Bertz CT molecular complexity index is 1480. The van der Waals surface area contributed by atoms with Gasteiger partial charge in [0.1, 0.15) is 18.4 Å². The number of hydrogen-bond acceptors (Lipinski definition) is 3. The van der Waals surface area contributed by atoms with Gasteiger partial charge in [0.2, 0.25) is 0 Å². The Hall–Kier alpha value is -3.80. The molecule has 176 valence electrons. The molecule has 0 aliphatic carbocycles.